The highest BCUT2D eigenvalue weighted by atomic mass is 35.5. The van der Waals surface area contributed by atoms with Crippen molar-refractivity contribution >= 4 is 23.5 Å². The Balaban J connectivity index is 1.62. The van der Waals surface area contributed by atoms with Crippen molar-refractivity contribution in [2.45, 2.75) is 6.42 Å². The largest absolute Gasteiger partial charge is 0.507 e. The molecule has 27 heavy (non-hydrogen) atoms. The normalized spacial score (nSPS) is 10.3. The summed E-state index contributed by atoms with van der Waals surface area (Å²) in [7, 11) is 0. The van der Waals surface area contributed by atoms with E-state index in [-0.39, 0.29) is 17.1 Å². The Morgan fingerprint density at radius 1 is 0.963 bits per heavy atom. The number of amides is 1. The van der Waals surface area contributed by atoms with E-state index in [1.807, 2.05) is 36.4 Å². The molecule has 3 aromatic carbocycles. The number of carbonyl (C=O) groups excluding carboxylic acids is 1. The fraction of sp³-hybridized carbons (Fsp3) is 0.0952. The number of aromatic hydroxyl groups is 1. The molecule has 0 fully saturated rings. The van der Waals surface area contributed by atoms with Crippen LogP contribution < -0.4 is 14.3 Å². The van der Waals surface area contributed by atoms with Crippen LogP contribution in [0.25, 0.3) is 0 Å². The number of benzene rings is 3. The third kappa shape index (κ3) is 5.15. The van der Waals surface area contributed by atoms with E-state index in [1.54, 1.807) is 18.2 Å². The van der Waals surface area contributed by atoms with Crippen LogP contribution in [-0.4, -0.2) is 17.6 Å². The summed E-state index contributed by atoms with van der Waals surface area (Å²) >= 11 is 5.30. The SMILES string of the molecule is O=C(Nc1cccc(OCCc2ccccc2)c1)c1cc(OCl)ccc1O. The number of hydrogen-bond acceptors (Lipinski definition) is 4. The van der Waals surface area contributed by atoms with Gasteiger partial charge in [0.25, 0.3) is 5.91 Å². The van der Waals surface area contributed by atoms with Crippen molar-refractivity contribution in [3.63, 3.8) is 0 Å². The molecule has 0 aliphatic rings. The minimum Gasteiger partial charge on any atom is -0.507 e. The third-order valence-electron chi connectivity index (χ3n) is 3.90. The van der Waals surface area contributed by atoms with E-state index >= 15 is 0 Å². The van der Waals surface area contributed by atoms with Gasteiger partial charge in [-0.25, -0.2) is 0 Å². The van der Waals surface area contributed by atoms with Crippen molar-refractivity contribution in [1.82, 2.24) is 0 Å². The van der Waals surface area contributed by atoms with Crippen molar-refractivity contribution in [2.24, 2.45) is 0 Å². The minimum atomic E-state index is -0.482. The quantitative estimate of drug-likeness (QED) is 0.615. The molecule has 0 saturated heterocycles. The summed E-state index contributed by atoms with van der Waals surface area (Å²) in [5.41, 5.74) is 1.80. The van der Waals surface area contributed by atoms with Gasteiger partial charge in [-0.1, -0.05) is 36.4 Å². The van der Waals surface area contributed by atoms with E-state index in [4.69, 9.17) is 16.6 Å². The predicted molar refractivity (Wildman–Crippen MR) is 105 cm³/mol. The molecule has 138 valence electrons. The van der Waals surface area contributed by atoms with Gasteiger partial charge in [0.2, 0.25) is 0 Å². The molecule has 0 radical (unpaired) electrons. The highest BCUT2D eigenvalue weighted by Gasteiger charge is 2.13. The molecule has 3 aromatic rings. The summed E-state index contributed by atoms with van der Waals surface area (Å²) in [4.78, 5) is 12.4. The first kappa shape index (κ1) is 18.6. The predicted octanol–water partition coefficient (Wildman–Crippen LogP) is 4.80. The molecule has 0 atom stereocenters. The van der Waals surface area contributed by atoms with Crippen LogP contribution in [0, 0.1) is 0 Å². The number of carbonyl (C=O) groups is 1. The van der Waals surface area contributed by atoms with Crippen LogP contribution in [-0.2, 0) is 6.42 Å². The van der Waals surface area contributed by atoms with Gasteiger partial charge in [-0.3, -0.25) is 4.79 Å². The number of phenols is 1. The Hall–Kier alpha value is -3.18. The van der Waals surface area contributed by atoms with E-state index in [0.29, 0.717) is 18.0 Å². The zero-order valence-electron chi connectivity index (χ0n) is 14.4. The van der Waals surface area contributed by atoms with Crippen molar-refractivity contribution in [3.05, 3.63) is 83.9 Å². The fourth-order valence-corrected chi connectivity index (χ4v) is 2.63. The van der Waals surface area contributed by atoms with E-state index in [2.05, 4.69) is 9.61 Å². The molecular weight excluding hydrogens is 366 g/mol. The summed E-state index contributed by atoms with van der Waals surface area (Å²) in [6.07, 6.45) is 0.788. The maximum Gasteiger partial charge on any atom is 0.259 e. The highest BCUT2D eigenvalue weighted by molar-refractivity contribution is 6.10. The molecule has 1 amide bonds. The van der Waals surface area contributed by atoms with Gasteiger partial charge >= 0.3 is 0 Å². The first-order valence-electron chi connectivity index (χ1n) is 8.35. The lowest BCUT2D eigenvalue weighted by Crippen LogP contribution is -2.12. The van der Waals surface area contributed by atoms with Crippen molar-refractivity contribution < 1.29 is 18.9 Å². The van der Waals surface area contributed by atoms with Gasteiger partial charge in [0.05, 0.1) is 12.2 Å². The van der Waals surface area contributed by atoms with Crippen LogP contribution >= 0.6 is 11.9 Å². The smallest absolute Gasteiger partial charge is 0.259 e. The molecule has 0 spiro atoms. The molecule has 0 aromatic heterocycles. The first-order valence-corrected chi connectivity index (χ1v) is 8.66. The zero-order chi connectivity index (χ0) is 19.1. The second-order valence-electron chi connectivity index (χ2n) is 5.82. The van der Waals surface area contributed by atoms with Crippen molar-refractivity contribution in [3.8, 4) is 17.2 Å². The fourth-order valence-electron chi connectivity index (χ4n) is 2.54. The number of ether oxygens (including phenoxy) is 1. The lowest BCUT2D eigenvalue weighted by molar-refractivity contribution is 0.102. The number of nitrogens with one attached hydrogen (secondary N) is 1. The van der Waals surface area contributed by atoms with Crippen molar-refractivity contribution in [2.75, 3.05) is 11.9 Å². The van der Waals surface area contributed by atoms with Crippen LogP contribution in [0.4, 0.5) is 5.69 Å². The molecule has 6 heteroatoms. The van der Waals surface area contributed by atoms with Crippen LogP contribution in [0.5, 0.6) is 17.2 Å². The number of phenolic OH excluding ortho intramolecular Hbond substituents is 1. The monoisotopic (exact) mass is 383 g/mol. The van der Waals surface area contributed by atoms with Crippen LogP contribution in [0.1, 0.15) is 15.9 Å². The molecule has 0 saturated carbocycles. The summed E-state index contributed by atoms with van der Waals surface area (Å²) in [5, 5.41) is 12.6. The first-order chi connectivity index (χ1) is 13.2. The number of anilines is 1. The molecular formula is C21H18ClNO4. The van der Waals surface area contributed by atoms with Gasteiger partial charge in [0, 0.05) is 18.2 Å². The molecule has 0 aliphatic heterocycles. The molecule has 0 bridgehead atoms. The van der Waals surface area contributed by atoms with Crippen LogP contribution in [0.2, 0.25) is 0 Å². The summed E-state index contributed by atoms with van der Waals surface area (Å²) in [5.74, 6) is 0.258. The maximum atomic E-state index is 12.4. The standard InChI is InChI=1S/C21H18ClNO4/c22-27-18-9-10-20(24)19(14-18)21(25)23-16-7-4-8-17(13-16)26-12-11-15-5-2-1-3-6-15/h1-10,13-14,24H,11-12H2,(H,23,25). The maximum absolute atomic E-state index is 12.4. The van der Waals surface area contributed by atoms with Gasteiger partial charge in [-0.15, -0.1) is 0 Å². The second-order valence-corrected chi connectivity index (χ2v) is 5.98. The van der Waals surface area contributed by atoms with E-state index < -0.39 is 5.91 Å². The third-order valence-corrected chi connectivity index (χ3v) is 4.07. The molecule has 3 rings (SSSR count). The molecule has 2 N–H and O–H groups in total. The van der Waals surface area contributed by atoms with Crippen LogP contribution in [0.15, 0.2) is 72.8 Å². The Morgan fingerprint density at radius 2 is 1.78 bits per heavy atom. The average molecular weight is 384 g/mol. The van der Waals surface area contributed by atoms with Gasteiger partial charge in [-0.05, 0) is 35.9 Å². The Kier molecular flexibility index (Phi) is 6.18. The number of rotatable bonds is 7. The average Bonchev–Trinajstić information content (AvgIpc) is 2.69. The molecule has 0 aliphatic carbocycles. The van der Waals surface area contributed by atoms with E-state index in [0.717, 1.165) is 6.42 Å². The van der Waals surface area contributed by atoms with Gasteiger partial charge < -0.3 is 19.4 Å². The highest BCUT2D eigenvalue weighted by Crippen LogP contribution is 2.25. The van der Waals surface area contributed by atoms with Gasteiger partial charge in [-0.2, -0.15) is 0 Å². The molecule has 0 heterocycles. The summed E-state index contributed by atoms with van der Waals surface area (Å²) in [6, 6.07) is 21.3. The number of hydrogen-bond donors (Lipinski definition) is 2. The second kappa shape index (κ2) is 8.96. The van der Waals surface area contributed by atoms with Gasteiger partial charge in [0.1, 0.15) is 29.1 Å². The molecule has 0 unspecified atom stereocenters. The molecule has 5 nitrogen and oxygen atoms in total. The van der Waals surface area contributed by atoms with E-state index in [9.17, 15) is 9.90 Å². The topological polar surface area (TPSA) is 67.8 Å². The summed E-state index contributed by atoms with van der Waals surface area (Å²) < 4.78 is 10.3. The Bertz CT molecular complexity index is 915. The van der Waals surface area contributed by atoms with Crippen LogP contribution in [0.3, 0.4) is 0 Å². The lowest BCUT2D eigenvalue weighted by Gasteiger charge is -2.10. The van der Waals surface area contributed by atoms with Crippen molar-refractivity contribution in [1.29, 1.82) is 0 Å². The number of halogens is 1. The minimum absolute atomic E-state index is 0.0588. The zero-order valence-corrected chi connectivity index (χ0v) is 15.1. The lowest BCUT2D eigenvalue weighted by atomic mass is 10.1. The van der Waals surface area contributed by atoms with E-state index in [1.165, 1.54) is 23.8 Å². The van der Waals surface area contributed by atoms with Gasteiger partial charge in [0.15, 0.2) is 0 Å². The summed E-state index contributed by atoms with van der Waals surface area (Å²) in [6.45, 7) is 0.525. The Morgan fingerprint density at radius 3 is 2.56 bits per heavy atom. The Labute approximate surface area is 162 Å².